The molecule has 0 aliphatic carbocycles. The van der Waals surface area contributed by atoms with E-state index in [1.165, 1.54) is 4.31 Å². The number of rotatable bonds is 4. The third-order valence-corrected chi connectivity index (χ3v) is 6.76. The summed E-state index contributed by atoms with van der Waals surface area (Å²) in [7, 11) is -3.58. The first-order valence-corrected chi connectivity index (χ1v) is 10.2. The van der Waals surface area contributed by atoms with Gasteiger partial charge in [-0.3, -0.25) is 4.98 Å². The van der Waals surface area contributed by atoms with Gasteiger partial charge in [-0.05, 0) is 38.8 Å². The van der Waals surface area contributed by atoms with Crippen molar-refractivity contribution in [2.45, 2.75) is 37.6 Å². The fourth-order valence-electron chi connectivity index (χ4n) is 3.56. The Kier molecular flexibility index (Phi) is 4.53. The summed E-state index contributed by atoms with van der Waals surface area (Å²) in [6.07, 6.45) is 4.80. The summed E-state index contributed by atoms with van der Waals surface area (Å²) in [4.78, 5) is 9.31. The molecule has 1 atom stereocenters. The minimum Gasteiger partial charge on any atom is -0.361 e. The standard InChI is InChI=1S/C19H20N4O3S/c1-13-19(14(2)26-22-13)17-12-20-11-16(21-17)18-9-6-10-23(18)27(24,25)15-7-4-3-5-8-15/h3-5,7-8,11-12,18H,6,9-10H2,1-2H3/t18-/m0/s1. The van der Waals surface area contributed by atoms with Gasteiger partial charge in [0.05, 0.1) is 46.0 Å². The average Bonchev–Trinajstić information content (AvgIpc) is 3.30. The molecule has 1 saturated heterocycles. The molecule has 0 radical (unpaired) electrons. The van der Waals surface area contributed by atoms with Gasteiger partial charge in [0, 0.05) is 6.54 Å². The molecule has 1 aromatic carbocycles. The predicted octanol–water partition coefficient (Wildman–Crippen LogP) is 3.27. The topological polar surface area (TPSA) is 89.2 Å². The molecule has 2 aromatic heterocycles. The maximum absolute atomic E-state index is 13.1. The van der Waals surface area contributed by atoms with Gasteiger partial charge in [0.15, 0.2) is 0 Å². The number of nitrogens with zero attached hydrogens (tertiary/aromatic N) is 4. The Morgan fingerprint density at radius 2 is 1.93 bits per heavy atom. The zero-order valence-electron chi connectivity index (χ0n) is 15.2. The van der Waals surface area contributed by atoms with Crippen molar-refractivity contribution in [2.75, 3.05) is 6.54 Å². The number of benzene rings is 1. The van der Waals surface area contributed by atoms with E-state index in [0.29, 0.717) is 35.0 Å². The first kappa shape index (κ1) is 17.8. The van der Waals surface area contributed by atoms with Crippen LogP contribution in [0.15, 0.2) is 52.1 Å². The van der Waals surface area contributed by atoms with Gasteiger partial charge in [-0.2, -0.15) is 4.31 Å². The van der Waals surface area contributed by atoms with E-state index in [1.807, 2.05) is 13.8 Å². The van der Waals surface area contributed by atoms with Crippen molar-refractivity contribution in [1.82, 2.24) is 19.4 Å². The molecule has 3 aromatic rings. The van der Waals surface area contributed by atoms with Crippen molar-refractivity contribution in [3.63, 3.8) is 0 Å². The van der Waals surface area contributed by atoms with E-state index in [0.717, 1.165) is 17.7 Å². The Bertz CT molecular complexity index is 1040. The zero-order valence-corrected chi connectivity index (χ0v) is 16.0. The number of aromatic nitrogens is 3. The summed E-state index contributed by atoms with van der Waals surface area (Å²) in [5.74, 6) is 0.666. The molecule has 0 amide bonds. The smallest absolute Gasteiger partial charge is 0.243 e. The van der Waals surface area contributed by atoms with Crippen molar-refractivity contribution in [1.29, 1.82) is 0 Å². The van der Waals surface area contributed by atoms with Gasteiger partial charge >= 0.3 is 0 Å². The number of hydrogen-bond donors (Lipinski definition) is 0. The SMILES string of the molecule is Cc1noc(C)c1-c1cncc([C@@H]2CCCN2S(=O)(=O)c2ccccc2)n1. The Hall–Kier alpha value is -2.58. The van der Waals surface area contributed by atoms with Crippen LogP contribution >= 0.6 is 0 Å². The van der Waals surface area contributed by atoms with E-state index >= 15 is 0 Å². The second kappa shape index (κ2) is 6.86. The summed E-state index contributed by atoms with van der Waals surface area (Å²) in [6, 6.07) is 8.18. The lowest BCUT2D eigenvalue weighted by atomic mass is 10.1. The van der Waals surface area contributed by atoms with Crippen LogP contribution < -0.4 is 0 Å². The van der Waals surface area contributed by atoms with Crippen LogP contribution in [0.3, 0.4) is 0 Å². The van der Waals surface area contributed by atoms with Crippen LogP contribution in [0.25, 0.3) is 11.3 Å². The molecule has 0 bridgehead atoms. The minimum absolute atomic E-state index is 0.298. The molecular formula is C19H20N4O3S. The average molecular weight is 384 g/mol. The maximum atomic E-state index is 13.1. The summed E-state index contributed by atoms with van der Waals surface area (Å²) in [5, 5.41) is 3.96. The van der Waals surface area contributed by atoms with Crippen LogP contribution in [-0.2, 0) is 10.0 Å². The van der Waals surface area contributed by atoms with E-state index in [4.69, 9.17) is 9.51 Å². The molecule has 1 aliphatic heterocycles. The highest BCUT2D eigenvalue weighted by atomic mass is 32.2. The first-order valence-electron chi connectivity index (χ1n) is 8.80. The molecule has 1 fully saturated rings. The molecule has 8 heteroatoms. The van der Waals surface area contributed by atoms with Gasteiger partial charge in [0.1, 0.15) is 5.76 Å². The van der Waals surface area contributed by atoms with Crippen molar-refractivity contribution < 1.29 is 12.9 Å². The highest BCUT2D eigenvalue weighted by Crippen LogP contribution is 2.36. The Morgan fingerprint density at radius 3 is 2.63 bits per heavy atom. The summed E-state index contributed by atoms with van der Waals surface area (Å²) >= 11 is 0. The van der Waals surface area contributed by atoms with Gasteiger partial charge in [-0.1, -0.05) is 23.4 Å². The van der Waals surface area contributed by atoms with Crippen LogP contribution in [0.5, 0.6) is 0 Å². The van der Waals surface area contributed by atoms with E-state index in [2.05, 4.69) is 10.1 Å². The number of aryl methyl sites for hydroxylation is 2. The molecule has 0 unspecified atom stereocenters. The Labute approximate surface area is 158 Å². The molecule has 0 spiro atoms. The van der Waals surface area contributed by atoms with Gasteiger partial charge in [0.2, 0.25) is 10.0 Å². The molecule has 3 heterocycles. The monoisotopic (exact) mass is 384 g/mol. The predicted molar refractivity (Wildman–Crippen MR) is 99.3 cm³/mol. The fraction of sp³-hybridized carbons (Fsp3) is 0.316. The zero-order chi connectivity index (χ0) is 19.0. The molecule has 0 N–H and O–H groups in total. The highest BCUT2D eigenvalue weighted by molar-refractivity contribution is 7.89. The number of sulfonamides is 1. The largest absolute Gasteiger partial charge is 0.361 e. The van der Waals surface area contributed by atoms with E-state index < -0.39 is 10.0 Å². The maximum Gasteiger partial charge on any atom is 0.243 e. The second-order valence-electron chi connectivity index (χ2n) is 6.62. The summed E-state index contributed by atoms with van der Waals surface area (Å²) in [6.45, 7) is 4.15. The van der Waals surface area contributed by atoms with Gasteiger partial charge in [-0.15, -0.1) is 0 Å². The molecular weight excluding hydrogens is 364 g/mol. The van der Waals surface area contributed by atoms with E-state index in [1.54, 1.807) is 42.7 Å². The molecule has 4 rings (SSSR count). The third-order valence-electron chi connectivity index (χ3n) is 4.84. The molecule has 1 aliphatic rings. The van der Waals surface area contributed by atoms with Gasteiger partial charge in [-0.25, -0.2) is 13.4 Å². The van der Waals surface area contributed by atoms with Gasteiger partial charge in [0.25, 0.3) is 0 Å². The molecule has 140 valence electrons. The minimum atomic E-state index is -3.58. The van der Waals surface area contributed by atoms with Crippen molar-refractivity contribution in [3.8, 4) is 11.3 Å². The van der Waals surface area contributed by atoms with E-state index in [-0.39, 0.29) is 6.04 Å². The summed E-state index contributed by atoms with van der Waals surface area (Å²) in [5.41, 5.74) is 2.83. The first-order chi connectivity index (χ1) is 13.0. The molecule has 27 heavy (non-hydrogen) atoms. The lowest BCUT2D eigenvalue weighted by Gasteiger charge is -2.23. The normalized spacial score (nSPS) is 18.1. The van der Waals surface area contributed by atoms with Crippen LogP contribution in [0.4, 0.5) is 0 Å². The van der Waals surface area contributed by atoms with Crippen molar-refractivity contribution in [3.05, 3.63) is 59.9 Å². The lowest BCUT2D eigenvalue weighted by Crippen LogP contribution is -2.31. The highest BCUT2D eigenvalue weighted by Gasteiger charge is 2.37. The molecule has 0 saturated carbocycles. The van der Waals surface area contributed by atoms with Crippen LogP contribution in [0, 0.1) is 13.8 Å². The summed E-state index contributed by atoms with van der Waals surface area (Å²) < 4.78 is 32.9. The third kappa shape index (κ3) is 3.15. The number of hydrogen-bond acceptors (Lipinski definition) is 6. The van der Waals surface area contributed by atoms with Crippen molar-refractivity contribution in [2.24, 2.45) is 0 Å². The Morgan fingerprint density at radius 1 is 1.15 bits per heavy atom. The van der Waals surface area contributed by atoms with Crippen LogP contribution in [0.2, 0.25) is 0 Å². The second-order valence-corrected chi connectivity index (χ2v) is 8.51. The van der Waals surface area contributed by atoms with Crippen LogP contribution in [-0.4, -0.2) is 34.4 Å². The quantitative estimate of drug-likeness (QED) is 0.686. The van der Waals surface area contributed by atoms with Gasteiger partial charge < -0.3 is 4.52 Å². The fourth-order valence-corrected chi connectivity index (χ4v) is 5.25. The Balaban J connectivity index is 1.72. The lowest BCUT2D eigenvalue weighted by molar-refractivity contribution is 0.389. The van der Waals surface area contributed by atoms with E-state index in [9.17, 15) is 8.42 Å². The van der Waals surface area contributed by atoms with Crippen LogP contribution in [0.1, 0.15) is 36.0 Å². The molecule has 7 nitrogen and oxygen atoms in total. The van der Waals surface area contributed by atoms with Crippen molar-refractivity contribution >= 4 is 10.0 Å².